The molecule has 2 N–H and O–H groups in total. The average Bonchev–Trinajstić information content (AvgIpc) is 3.37. The largest absolute Gasteiger partial charge is 0.478 e. The highest BCUT2D eigenvalue weighted by atomic mass is 35.5. The number of carbonyl (C=O) groups is 3. The monoisotopic (exact) mass is 580 g/mol. The smallest absolute Gasteiger partial charge is 0.347 e. The van der Waals surface area contributed by atoms with E-state index in [1.54, 1.807) is 40.9 Å². The molecule has 9 heteroatoms. The van der Waals surface area contributed by atoms with E-state index in [4.69, 9.17) is 16.3 Å². The number of rotatable bonds is 8. The molecular weight excluding hydrogens is 548 g/mol. The Hall–Kier alpha value is -3.49. The van der Waals surface area contributed by atoms with Crippen molar-refractivity contribution in [1.29, 1.82) is 0 Å². The van der Waals surface area contributed by atoms with Crippen LogP contribution >= 0.6 is 23.4 Å². The lowest BCUT2D eigenvalue weighted by molar-refractivity contribution is -0.152. The van der Waals surface area contributed by atoms with Gasteiger partial charge in [-0.15, -0.1) is 11.8 Å². The Morgan fingerprint density at radius 3 is 2.15 bits per heavy atom. The fourth-order valence-electron chi connectivity index (χ4n) is 4.94. The summed E-state index contributed by atoms with van der Waals surface area (Å²) < 4.78 is 5.89. The zero-order valence-electron chi connectivity index (χ0n) is 23.2. The lowest BCUT2D eigenvalue weighted by Crippen LogP contribution is -2.38. The Morgan fingerprint density at radius 1 is 1.00 bits per heavy atom. The minimum atomic E-state index is -1.40. The number of likely N-dealkylation sites (tertiary alicyclic amines) is 1. The predicted octanol–water partition coefficient (Wildman–Crippen LogP) is 7.05. The van der Waals surface area contributed by atoms with Crippen LogP contribution in [0.1, 0.15) is 46.8 Å². The molecule has 40 heavy (non-hydrogen) atoms. The minimum Gasteiger partial charge on any atom is -0.478 e. The van der Waals surface area contributed by atoms with Crippen molar-refractivity contribution in [2.45, 2.75) is 44.1 Å². The van der Waals surface area contributed by atoms with Gasteiger partial charge in [0.25, 0.3) is 0 Å². The number of nitrogens with zero attached hydrogens (tertiary/aromatic N) is 1. The van der Waals surface area contributed by atoms with Crippen molar-refractivity contribution < 1.29 is 24.2 Å². The zero-order valence-corrected chi connectivity index (χ0v) is 24.7. The summed E-state index contributed by atoms with van der Waals surface area (Å²) in [6.07, 6.45) is 1.98. The SMILES string of the molecule is CSc1ccc(C(=O)C2CN(C(=O)Nc3ccc(Cl)cc3)CC2c2cc(C)c(OC(C)(C)C(=O)O)c(C)c2)cc1. The van der Waals surface area contributed by atoms with Crippen LogP contribution in [0.3, 0.4) is 0 Å². The first-order chi connectivity index (χ1) is 18.9. The van der Waals surface area contributed by atoms with Crippen LogP contribution in [-0.4, -0.2) is 52.7 Å². The van der Waals surface area contributed by atoms with E-state index in [2.05, 4.69) is 5.32 Å². The Morgan fingerprint density at radius 2 is 1.60 bits per heavy atom. The molecule has 1 fully saturated rings. The van der Waals surface area contributed by atoms with Gasteiger partial charge in [-0.25, -0.2) is 9.59 Å². The molecule has 0 saturated carbocycles. The van der Waals surface area contributed by atoms with E-state index in [0.717, 1.165) is 21.6 Å². The van der Waals surface area contributed by atoms with Gasteiger partial charge in [-0.1, -0.05) is 35.9 Å². The second-order valence-electron chi connectivity index (χ2n) is 10.5. The van der Waals surface area contributed by atoms with E-state index in [-0.39, 0.29) is 24.3 Å². The summed E-state index contributed by atoms with van der Waals surface area (Å²) in [5.74, 6) is -1.31. The van der Waals surface area contributed by atoms with E-state index in [9.17, 15) is 19.5 Å². The summed E-state index contributed by atoms with van der Waals surface area (Å²) in [5, 5.41) is 13.0. The van der Waals surface area contributed by atoms with Crippen LogP contribution in [0.25, 0.3) is 0 Å². The molecule has 1 aliphatic heterocycles. The van der Waals surface area contributed by atoms with Crippen molar-refractivity contribution in [2.75, 3.05) is 24.7 Å². The second kappa shape index (κ2) is 11.9. The standard InChI is InChI=1S/C31H33ClN2O5S/c1-18-14-21(15-19(2)28(18)39-31(3,4)29(36)37)25-16-34(30(38)33-23-10-8-22(32)9-11-23)17-26(25)27(35)20-6-12-24(40-5)13-7-20/h6-15,25-26H,16-17H2,1-5H3,(H,33,38)(H,36,37). The number of nitrogens with one attached hydrogen (secondary N) is 1. The average molecular weight is 581 g/mol. The molecule has 0 radical (unpaired) electrons. The number of aliphatic carboxylic acids is 1. The number of Topliss-reactive ketones (excluding diaryl/α,β-unsaturated/α-hetero) is 1. The molecule has 0 bridgehead atoms. The third-order valence-corrected chi connectivity index (χ3v) is 8.19. The predicted molar refractivity (Wildman–Crippen MR) is 159 cm³/mol. The number of carbonyl (C=O) groups excluding carboxylic acids is 2. The topological polar surface area (TPSA) is 95.9 Å². The number of anilines is 1. The highest BCUT2D eigenvalue weighted by Gasteiger charge is 2.41. The summed E-state index contributed by atoms with van der Waals surface area (Å²) in [6.45, 7) is 7.35. The number of carboxylic acids is 1. The van der Waals surface area contributed by atoms with Crippen molar-refractivity contribution in [3.8, 4) is 5.75 Å². The van der Waals surface area contributed by atoms with Crippen LogP contribution in [0.5, 0.6) is 5.75 Å². The molecule has 3 aromatic carbocycles. The number of carboxylic acid groups (broad SMARTS) is 1. The number of hydrogen-bond donors (Lipinski definition) is 2. The van der Waals surface area contributed by atoms with Gasteiger partial charge in [-0.05, 0) is 87.0 Å². The number of halogens is 1. The van der Waals surface area contributed by atoms with Gasteiger partial charge in [-0.3, -0.25) is 4.79 Å². The van der Waals surface area contributed by atoms with E-state index in [1.165, 1.54) is 13.8 Å². The lowest BCUT2D eigenvalue weighted by atomic mass is 9.82. The third-order valence-electron chi connectivity index (χ3n) is 7.20. The molecule has 1 saturated heterocycles. The molecule has 4 rings (SSSR count). The van der Waals surface area contributed by atoms with Crippen molar-refractivity contribution >= 4 is 46.8 Å². The third kappa shape index (κ3) is 6.45. The molecule has 1 aliphatic rings. The number of ether oxygens (including phenoxy) is 1. The molecule has 3 aromatic rings. The van der Waals surface area contributed by atoms with E-state index in [1.807, 2.05) is 56.5 Å². The second-order valence-corrected chi connectivity index (χ2v) is 11.9. The van der Waals surface area contributed by atoms with Gasteiger partial charge in [0.2, 0.25) is 0 Å². The maximum atomic E-state index is 13.8. The number of benzene rings is 3. The van der Waals surface area contributed by atoms with Crippen LogP contribution in [-0.2, 0) is 4.79 Å². The molecule has 1 heterocycles. The van der Waals surface area contributed by atoms with Gasteiger partial charge in [0, 0.05) is 46.1 Å². The summed E-state index contributed by atoms with van der Waals surface area (Å²) >= 11 is 7.59. The molecule has 2 amide bonds. The van der Waals surface area contributed by atoms with Gasteiger partial charge < -0.3 is 20.1 Å². The van der Waals surface area contributed by atoms with Gasteiger partial charge in [-0.2, -0.15) is 0 Å². The van der Waals surface area contributed by atoms with E-state index in [0.29, 0.717) is 28.6 Å². The minimum absolute atomic E-state index is 0.0258. The first kappa shape index (κ1) is 29.5. The van der Waals surface area contributed by atoms with Crippen LogP contribution < -0.4 is 10.1 Å². The molecule has 2 unspecified atom stereocenters. The quantitative estimate of drug-likeness (QED) is 0.219. The number of thioether (sulfide) groups is 1. The molecular formula is C31H33ClN2O5S. The fraction of sp³-hybridized carbons (Fsp3) is 0.323. The highest BCUT2D eigenvalue weighted by Crippen LogP contribution is 2.39. The first-order valence-electron chi connectivity index (χ1n) is 12.9. The zero-order chi connectivity index (χ0) is 29.2. The maximum absolute atomic E-state index is 13.8. The van der Waals surface area contributed by atoms with Crippen molar-refractivity contribution in [3.63, 3.8) is 0 Å². The molecule has 0 aromatic heterocycles. The first-order valence-corrected chi connectivity index (χ1v) is 14.5. The number of ketones is 1. The van der Waals surface area contributed by atoms with Gasteiger partial charge >= 0.3 is 12.0 Å². The molecule has 7 nitrogen and oxygen atoms in total. The van der Waals surface area contributed by atoms with Crippen molar-refractivity contribution in [1.82, 2.24) is 4.90 Å². The van der Waals surface area contributed by atoms with E-state index >= 15 is 0 Å². The number of hydrogen-bond acceptors (Lipinski definition) is 5. The Labute approximate surface area is 243 Å². The Bertz CT molecular complexity index is 1400. The van der Waals surface area contributed by atoms with E-state index < -0.39 is 17.5 Å². The number of aryl methyl sites for hydroxylation is 2. The van der Waals surface area contributed by atoms with Crippen LogP contribution in [0.4, 0.5) is 10.5 Å². The van der Waals surface area contributed by atoms with Gasteiger partial charge in [0.1, 0.15) is 5.75 Å². The molecule has 0 aliphatic carbocycles. The number of urea groups is 1. The Balaban J connectivity index is 1.66. The van der Waals surface area contributed by atoms with Crippen molar-refractivity contribution in [3.05, 3.63) is 87.9 Å². The van der Waals surface area contributed by atoms with Crippen molar-refractivity contribution in [2.24, 2.45) is 5.92 Å². The molecule has 2 atom stereocenters. The summed E-state index contributed by atoms with van der Waals surface area (Å²) in [6, 6.07) is 18.0. The van der Waals surface area contributed by atoms with Crippen LogP contribution in [0.15, 0.2) is 65.6 Å². The van der Waals surface area contributed by atoms with Gasteiger partial charge in [0.05, 0.1) is 0 Å². The normalized spacial score (nSPS) is 17.0. The molecule has 210 valence electrons. The fourth-order valence-corrected chi connectivity index (χ4v) is 5.47. The molecule has 0 spiro atoms. The summed E-state index contributed by atoms with van der Waals surface area (Å²) in [4.78, 5) is 41.5. The Kier molecular flexibility index (Phi) is 8.80. The summed E-state index contributed by atoms with van der Waals surface area (Å²) in [7, 11) is 0. The van der Waals surface area contributed by atoms with Gasteiger partial charge in [0.15, 0.2) is 11.4 Å². The lowest BCUT2D eigenvalue weighted by Gasteiger charge is -2.26. The van der Waals surface area contributed by atoms with Crippen LogP contribution in [0.2, 0.25) is 5.02 Å². The highest BCUT2D eigenvalue weighted by molar-refractivity contribution is 7.98. The van der Waals surface area contributed by atoms with Crippen LogP contribution in [0, 0.1) is 19.8 Å². The maximum Gasteiger partial charge on any atom is 0.347 e. The summed E-state index contributed by atoms with van der Waals surface area (Å²) in [5.41, 5.74) is 2.25. The number of amides is 2.